The Morgan fingerprint density at radius 3 is 2.95 bits per heavy atom. The van der Waals surface area contributed by atoms with Gasteiger partial charge in [-0.05, 0) is 12.1 Å². The molecule has 0 fully saturated rings. The van der Waals surface area contributed by atoms with Crippen molar-refractivity contribution in [3.63, 3.8) is 0 Å². The zero-order valence-corrected chi connectivity index (χ0v) is 10.7. The molecule has 0 amide bonds. The summed E-state index contributed by atoms with van der Waals surface area (Å²) in [4.78, 5) is 25.2. The highest BCUT2D eigenvalue weighted by molar-refractivity contribution is 7.07. The van der Waals surface area contributed by atoms with E-state index < -0.39 is 4.92 Å². The van der Waals surface area contributed by atoms with Crippen molar-refractivity contribution in [2.24, 2.45) is 0 Å². The van der Waals surface area contributed by atoms with E-state index in [-0.39, 0.29) is 11.3 Å². The highest BCUT2D eigenvalue weighted by Gasteiger charge is 2.14. The quantitative estimate of drug-likeness (QED) is 0.498. The number of nitro groups is 1. The largest absolute Gasteiger partial charge is 0.379 e. The molecule has 2 rings (SSSR count). The summed E-state index contributed by atoms with van der Waals surface area (Å²) in [6, 6.07) is 4.35. The monoisotopic (exact) mass is 277 g/mol. The first kappa shape index (κ1) is 13.2. The number of nitrogens with one attached hydrogen (secondary N) is 1. The van der Waals surface area contributed by atoms with Gasteiger partial charge in [0.05, 0.1) is 16.1 Å². The molecule has 0 atom stereocenters. The van der Waals surface area contributed by atoms with Gasteiger partial charge in [0.15, 0.2) is 0 Å². The number of anilines is 1. The molecule has 0 aliphatic rings. The fourth-order valence-electron chi connectivity index (χ4n) is 1.61. The molecule has 0 spiro atoms. The van der Waals surface area contributed by atoms with E-state index in [9.17, 15) is 14.9 Å². The molecule has 0 saturated heterocycles. The number of carbonyl (C=O) groups excluding carboxylic acids is 1. The summed E-state index contributed by atoms with van der Waals surface area (Å²) in [5, 5.41) is 15.8. The van der Waals surface area contributed by atoms with Gasteiger partial charge >= 0.3 is 0 Å². The van der Waals surface area contributed by atoms with E-state index in [2.05, 4.69) is 10.3 Å². The molecule has 1 N–H and O–H groups in total. The average Bonchev–Trinajstić information content (AvgIpc) is 2.92. The van der Waals surface area contributed by atoms with E-state index in [1.807, 2.05) is 5.38 Å². The van der Waals surface area contributed by atoms with Crippen LogP contribution in [0.2, 0.25) is 0 Å². The number of nitrogens with zero attached hydrogens (tertiary/aromatic N) is 2. The van der Waals surface area contributed by atoms with Gasteiger partial charge in [-0.15, -0.1) is 11.3 Å². The summed E-state index contributed by atoms with van der Waals surface area (Å²) in [5.74, 6) is 0. The predicted molar refractivity (Wildman–Crippen MR) is 72.8 cm³/mol. The minimum absolute atomic E-state index is 0.0946. The maximum atomic E-state index is 10.9. The molecule has 0 saturated carbocycles. The number of rotatable bonds is 6. The van der Waals surface area contributed by atoms with Gasteiger partial charge in [-0.1, -0.05) is 0 Å². The SMILES string of the molecule is O=Cc1ccc(NCCc2cscn2)c([N+](=O)[O-])c1. The first-order valence-electron chi connectivity index (χ1n) is 5.55. The van der Waals surface area contributed by atoms with Crippen LogP contribution in [0, 0.1) is 10.1 Å². The summed E-state index contributed by atoms with van der Waals surface area (Å²) in [6.45, 7) is 0.547. The molecule has 6 nitrogen and oxygen atoms in total. The summed E-state index contributed by atoms with van der Waals surface area (Å²) < 4.78 is 0. The zero-order valence-electron chi connectivity index (χ0n) is 9.91. The molecule has 98 valence electrons. The summed E-state index contributed by atoms with van der Waals surface area (Å²) in [5.41, 5.74) is 3.30. The van der Waals surface area contributed by atoms with Gasteiger partial charge in [0.1, 0.15) is 12.0 Å². The zero-order chi connectivity index (χ0) is 13.7. The molecule has 1 aromatic heterocycles. The van der Waals surface area contributed by atoms with Crippen LogP contribution in [0.15, 0.2) is 29.1 Å². The molecule has 0 unspecified atom stereocenters. The van der Waals surface area contributed by atoms with Gasteiger partial charge in [-0.2, -0.15) is 0 Å². The van der Waals surface area contributed by atoms with Crippen LogP contribution in [-0.2, 0) is 6.42 Å². The van der Waals surface area contributed by atoms with Gasteiger partial charge < -0.3 is 5.32 Å². The molecular weight excluding hydrogens is 266 g/mol. The van der Waals surface area contributed by atoms with Crippen LogP contribution in [-0.4, -0.2) is 22.7 Å². The topological polar surface area (TPSA) is 85.1 Å². The van der Waals surface area contributed by atoms with Gasteiger partial charge in [0.25, 0.3) is 5.69 Å². The smallest absolute Gasteiger partial charge is 0.293 e. The lowest BCUT2D eigenvalue weighted by atomic mass is 10.2. The highest BCUT2D eigenvalue weighted by atomic mass is 32.1. The fraction of sp³-hybridized carbons (Fsp3) is 0.167. The third kappa shape index (κ3) is 3.35. The lowest BCUT2D eigenvalue weighted by molar-refractivity contribution is -0.384. The molecule has 1 heterocycles. The Labute approximate surface area is 113 Å². The van der Waals surface area contributed by atoms with E-state index >= 15 is 0 Å². The van der Waals surface area contributed by atoms with Crippen LogP contribution >= 0.6 is 11.3 Å². The number of aldehydes is 1. The maximum Gasteiger partial charge on any atom is 0.293 e. The van der Waals surface area contributed by atoms with Gasteiger partial charge in [-0.3, -0.25) is 14.9 Å². The predicted octanol–water partition coefficient (Wildman–Crippen LogP) is 2.52. The second kappa shape index (κ2) is 6.05. The van der Waals surface area contributed by atoms with Crippen molar-refractivity contribution in [2.45, 2.75) is 6.42 Å². The normalized spacial score (nSPS) is 10.1. The first-order valence-corrected chi connectivity index (χ1v) is 6.49. The van der Waals surface area contributed by atoms with Crippen molar-refractivity contribution < 1.29 is 9.72 Å². The molecule has 0 aliphatic heterocycles. The lowest BCUT2D eigenvalue weighted by Gasteiger charge is -2.06. The minimum Gasteiger partial charge on any atom is -0.379 e. The molecule has 1 aromatic carbocycles. The Morgan fingerprint density at radius 2 is 2.32 bits per heavy atom. The van der Waals surface area contributed by atoms with E-state index in [0.717, 1.165) is 5.69 Å². The van der Waals surface area contributed by atoms with Crippen LogP contribution < -0.4 is 5.32 Å². The Morgan fingerprint density at radius 1 is 1.47 bits per heavy atom. The van der Waals surface area contributed by atoms with Crippen molar-refractivity contribution in [3.05, 3.63) is 50.5 Å². The molecular formula is C12H11N3O3S. The van der Waals surface area contributed by atoms with E-state index in [4.69, 9.17) is 0 Å². The summed E-state index contributed by atoms with van der Waals surface area (Å²) in [6.07, 6.45) is 1.28. The van der Waals surface area contributed by atoms with E-state index in [0.29, 0.717) is 24.9 Å². The van der Waals surface area contributed by atoms with Crippen molar-refractivity contribution in [1.82, 2.24) is 4.98 Å². The number of aromatic nitrogens is 1. The first-order chi connectivity index (χ1) is 9.20. The van der Waals surface area contributed by atoms with Crippen molar-refractivity contribution in [2.75, 3.05) is 11.9 Å². The van der Waals surface area contributed by atoms with Gasteiger partial charge in [0.2, 0.25) is 0 Å². The Hall–Kier alpha value is -2.28. The van der Waals surface area contributed by atoms with Crippen LogP contribution in [0.3, 0.4) is 0 Å². The van der Waals surface area contributed by atoms with Crippen LogP contribution in [0.1, 0.15) is 16.1 Å². The standard InChI is InChI=1S/C12H11N3O3S/c16-6-9-1-2-11(12(5-9)15(17)18)13-4-3-10-7-19-8-14-10/h1-2,5-8,13H,3-4H2. The van der Waals surface area contributed by atoms with Crippen molar-refractivity contribution in [1.29, 1.82) is 0 Å². The molecule has 0 bridgehead atoms. The third-order valence-electron chi connectivity index (χ3n) is 2.53. The number of thiazole rings is 1. The number of hydrogen-bond donors (Lipinski definition) is 1. The molecule has 19 heavy (non-hydrogen) atoms. The van der Waals surface area contributed by atoms with E-state index in [1.54, 1.807) is 17.6 Å². The maximum absolute atomic E-state index is 10.9. The number of benzene rings is 1. The van der Waals surface area contributed by atoms with Gasteiger partial charge in [0, 0.05) is 30.0 Å². The van der Waals surface area contributed by atoms with Crippen LogP contribution in [0.5, 0.6) is 0 Å². The number of hydrogen-bond acceptors (Lipinski definition) is 6. The molecule has 0 radical (unpaired) electrons. The minimum atomic E-state index is -0.502. The second-order valence-corrected chi connectivity index (χ2v) is 4.53. The molecule has 0 aliphatic carbocycles. The van der Waals surface area contributed by atoms with Crippen LogP contribution in [0.25, 0.3) is 0 Å². The average molecular weight is 277 g/mol. The molecule has 2 aromatic rings. The Bertz CT molecular complexity index is 584. The highest BCUT2D eigenvalue weighted by Crippen LogP contribution is 2.24. The Balaban J connectivity index is 2.06. The van der Waals surface area contributed by atoms with Crippen LogP contribution in [0.4, 0.5) is 11.4 Å². The molecule has 7 heteroatoms. The lowest BCUT2D eigenvalue weighted by Crippen LogP contribution is -2.07. The van der Waals surface area contributed by atoms with E-state index in [1.165, 1.54) is 17.4 Å². The summed E-state index contributed by atoms with van der Waals surface area (Å²) in [7, 11) is 0. The fourth-order valence-corrected chi connectivity index (χ4v) is 2.20. The number of nitro benzene ring substituents is 1. The van der Waals surface area contributed by atoms with Gasteiger partial charge in [-0.25, -0.2) is 4.98 Å². The summed E-state index contributed by atoms with van der Waals surface area (Å²) >= 11 is 1.51. The van der Waals surface area contributed by atoms with Crippen molar-refractivity contribution >= 4 is 29.0 Å². The van der Waals surface area contributed by atoms with Crippen molar-refractivity contribution in [3.8, 4) is 0 Å². The second-order valence-electron chi connectivity index (χ2n) is 3.81. The number of carbonyl (C=O) groups is 1. The third-order valence-corrected chi connectivity index (χ3v) is 3.17. The Kier molecular flexibility index (Phi) is 4.19.